The predicted octanol–water partition coefficient (Wildman–Crippen LogP) is 3.90. The maximum Gasteiger partial charge on any atom is 0.469 e. The fourth-order valence-electron chi connectivity index (χ4n) is 1.47. The molecule has 0 saturated heterocycles. The summed E-state index contributed by atoms with van der Waals surface area (Å²) < 4.78 is 14.2. The van der Waals surface area contributed by atoms with Gasteiger partial charge < -0.3 is 9.79 Å². The minimum atomic E-state index is -4.26. The molecule has 20 heavy (non-hydrogen) atoms. The van der Waals surface area contributed by atoms with Gasteiger partial charge in [0.15, 0.2) is 0 Å². The topological polar surface area (TPSA) is 66.8 Å². The number of phosphoric acid groups is 1. The highest BCUT2D eigenvalue weighted by atomic mass is 31.2. The quantitative estimate of drug-likeness (QED) is 0.663. The van der Waals surface area contributed by atoms with Crippen LogP contribution in [0.15, 0.2) is 60.7 Å². The zero-order chi connectivity index (χ0) is 15.0. The number of rotatable bonds is 4. The lowest BCUT2D eigenvalue weighted by atomic mass is 10.1. The fraction of sp³-hybridized carbons (Fsp3) is 0.200. The first-order chi connectivity index (χ1) is 9.38. The fourth-order valence-corrected chi connectivity index (χ4v) is 1.80. The second-order valence-corrected chi connectivity index (χ2v) is 5.62. The van der Waals surface area contributed by atoms with Crippen molar-refractivity contribution in [2.75, 3.05) is 6.61 Å². The zero-order valence-corrected chi connectivity index (χ0v) is 12.3. The second-order valence-electron chi connectivity index (χ2n) is 4.38. The lowest BCUT2D eigenvalue weighted by Crippen LogP contribution is -1.91. The van der Waals surface area contributed by atoms with E-state index >= 15 is 0 Å². The van der Waals surface area contributed by atoms with Crippen LogP contribution in [0.4, 0.5) is 0 Å². The highest BCUT2D eigenvalue weighted by molar-refractivity contribution is 7.46. The van der Waals surface area contributed by atoms with Gasteiger partial charge in [0.05, 0.1) is 6.61 Å². The molecule has 0 aromatic heterocycles. The Bertz CT molecular complexity index is 538. The van der Waals surface area contributed by atoms with Crippen LogP contribution in [0.2, 0.25) is 0 Å². The van der Waals surface area contributed by atoms with Crippen LogP contribution in [-0.2, 0) is 9.09 Å². The van der Waals surface area contributed by atoms with E-state index in [0.717, 1.165) is 5.57 Å². The van der Waals surface area contributed by atoms with Crippen LogP contribution in [0.5, 0.6) is 0 Å². The standard InChI is InChI=1S/C10H8.C5H11O4P/c1-2-6-10-8-4-3-7-9(10)5-1;1-5(2)3-4-9-10(6,7)8/h1-8H;1,3-4H2,2H3,(H2,6,7,8). The molecule has 0 unspecified atom stereocenters. The molecule has 0 heterocycles. The third-order valence-corrected chi connectivity index (χ3v) is 2.97. The lowest BCUT2D eigenvalue weighted by Gasteiger charge is -2.03. The predicted molar refractivity (Wildman–Crippen MR) is 81.4 cm³/mol. The summed E-state index contributed by atoms with van der Waals surface area (Å²) >= 11 is 0. The van der Waals surface area contributed by atoms with Crippen LogP contribution in [0.1, 0.15) is 13.3 Å². The molecule has 0 spiro atoms. The van der Waals surface area contributed by atoms with E-state index < -0.39 is 7.82 Å². The average molecular weight is 294 g/mol. The van der Waals surface area contributed by atoms with Gasteiger partial charge in [-0.05, 0) is 24.1 Å². The number of hydrogen-bond donors (Lipinski definition) is 2. The minimum Gasteiger partial charge on any atom is -0.303 e. The van der Waals surface area contributed by atoms with Gasteiger partial charge in [-0.3, -0.25) is 4.52 Å². The van der Waals surface area contributed by atoms with Crippen molar-refractivity contribution in [1.29, 1.82) is 0 Å². The molecule has 0 aliphatic carbocycles. The summed E-state index contributed by atoms with van der Waals surface area (Å²) in [6.45, 7) is 5.34. The first-order valence-corrected chi connectivity index (χ1v) is 7.70. The summed E-state index contributed by atoms with van der Waals surface area (Å²) in [5, 5.41) is 2.62. The Kier molecular flexibility index (Phi) is 6.62. The largest absolute Gasteiger partial charge is 0.469 e. The van der Waals surface area contributed by atoms with Crippen molar-refractivity contribution < 1.29 is 18.9 Å². The Hall–Kier alpha value is -1.45. The van der Waals surface area contributed by atoms with Gasteiger partial charge >= 0.3 is 7.82 Å². The number of fused-ring (bicyclic) bond motifs is 1. The van der Waals surface area contributed by atoms with Crippen LogP contribution in [-0.4, -0.2) is 16.4 Å². The molecule has 4 nitrogen and oxygen atoms in total. The van der Waals surface area contributed by atoms with Crippen molar-refractivity contribution in [3.8, 4) is 0 Å². The molecule has 2 N–H and O–H groups in total. The van der Waals surface area contributed by atoms with Crippen molar-refractivity contribution >= 4 is 18.6 Å². The van der Waals surface area contributed by atoms with E-state index in [2.05, 4.69) is 59.6 Å². The Balaban J connectivity index is 0.000000200. The van der Waals surface area contributed by atoms with Crippen LogP contribution in [0.25, 0.3) is 10.8 Å². The molecule has 0 radical (unpaired) electrons. The van der Waals surface area contributed by atoms with Crippen molar-refractivity contribution in [3.63, 3.8) is 0 Å². The number of benzene rings is 2. The summed E-state index contributed by atoms with van der Waals surface area (Å²) in [5.41, 5.74) is 0.841. The van der Waals surface area contributed by atoms with Crippen molar-refractivity contribution in [1.82, 2.24) is 0 Å². The van der Waals surface area contributed by atoms with E-state index in [4.69, 9.17) is 9.79 Å². The summed E-state index contributed by atoms with van der Waals surface area (Å²) in [4.78, 5) is 16.4. The molecule has 0 saturated carbocycles. The third kappa shape index (κ3) is 7.22. The summed E-state index contributed by atoms with van der Waals surface area (Å²) in [6.07, 6.45) is 0.477. The Labute approximate surface area is 119 Å². The van der Waals surface area contributed by atoms with Crippen molar-refractivity contribution in [2.45, 2.75) is 13.3 Å². The maximum absolute atomic E-state index is 10.1. The molecule has 5 heteroatoms. The van der Waals surface area contributed by atoms with Gasteiger partial charge in [-0.2, -0.15) is 0 Å². The van der Waals surface area contributed by atoms with E-state index in [1.807, 2.05) is 0 Å². The number of hydrogen-bond acceptors (Lipinski definition) is 2. The molecular formula is C15H19O4P. The smallest absolute Gasteiger partial charge is 0.303 e. The Morgan fingerprint density at radius 3 is 1.80 bits per heavy atom. The highest BCUT2D eigenvalue weighted by Crippen LogP contribution is 2.35. The monoisotopic (exact) mass is 294 g/mol. The first-order valence-electron chi connectivity index (χ1n) is 6.17. The average Bonchev–Trinajstić information content (AvgIpc) is 2.38. The second kappa shape index (κ2) is 7.98. The molecule has 0 atom stereocenters. The lowest BCUT2D eigenvalue weighted by molar-refractivity contribution is 0.199. The van der Waals surface area contributed by atoms with Gasteiger partial charge in [0.2, 0.25) is 0 Å². The summed E-state index contributed by atoms with van der Waals surface area (Å²) in [6, 6.07) is 16.7. The number of phosphoric ester groups is 1. The zero-order valence-electron chi connectivity index (χ0n) is 11.4. The van der Waals surface area contributed by atoms with E-state index in [1.54, 1.807) is 6.92 Å². The third-order valence-electron chi connectivity index (χ3n) is 2.45. The molecule has 0 aliphatic heterocycles. The molecular weight excluding hydrogens is 275 g/mol. The molecule has 2 aromatic carbocycles. The van der Waals surface area contributed by atoms with Gasteiger partial charge in [0, 0.05) is 0 Å². The van der Waals surface area contributed by atoms with Gasteiger partial charge in [-0.25, -0.2) is 4.57 Å². The Morgan fingerprint density at radius 1 is 1.10 bits per heavy atom. The van der Waals surface area contributed by atoms with Crippen LogP contribution >= 0.6 is 7.82 Å². The van der Waals surface area contributed by atoms with Crippen molar-refractivity contribution in [2.24, 2.45) is 0 Å². The van der Waals surface area contributed by atoms with E-state index in [-0.39, 0.29) is 6.61 Å². The van der Waals surface area contributed by atoms with Gasteiger partial charge in [0.1, 0.15) is 0 Å². The molecule has 0 amide bonds. The van der Waals surface area contributed by atoms with E-state index in [1.165, 1.54) is 10.8 Å². The van der Waals surface area contributed by atoms with Gasteiger partial charge in [-0.1, -0.05) is 54.1 Å². The van der Waals surface area contributed by atoms with E-state index in [9.17, 15) is 4.57 Å². The first kappa shape index (κ1) is 16.6. The SMILES string of the molecule is C=C(C)CCOP(=O)(O)O.c1ccc2ccccc2c1. The summed E-state index contributed by atoms with van der Waals surface area (Å²) in [7, 11) is -4.26. The summed E-state index contributed by atoms with van der Waals surface area (Å²) in [5.74, 6) is 0. The van der Waals surface area contributed by atoms with Crippen molar-refractivity contribution in [3.05, 3.63) is 60.7 Å². The Morgan fingerprint density at radius 2 is 1.50 bits per heavy atom. The highest BCUT2D eigenvalue weighted by Gasteiger charge is 2.12. The van der Waals surface area contributed by atoms with Gasteiger partial charge in [-0.15, -0.1) is 6.58 Å². The molecule has 2 aromatic rings. The molecule has 2 rings (SSSR count). The van der Waals surface area contributed by atoms with Crippen LogP contribution in [0, 0.1) is 0 Å². The van der Waals surface area contributed by atoms with Crippen LogP contribution in [0.3, 0.4) is 0 Å². The molecule has 108 valence electrons. The minimum absolute atomic E-state index is 0.0274. The molecule has 0 aliphatic rings. The molecule has 0 bridgehead atoms. The van der Waals surface area contributed by atoms with Gasteiger partial charge in [0.25, 0.3) is 0 Å². The normalized spacial score (nSPS) is 10.8. The molecule has 0 fully saturated rings. The maximum atomic E-state index is 10.1. The van der Waals surface area contributed by atoms with Crippen LogP contribution < -0.4 is 0 Å². The van der Waals surface area contributed by atoms with E-state index in [0.29, 0.717) is 6.42 Å².